The van der Waals surface area contributed by atoms with Gasteiger partial charge in [0, 0.05) is 25.7 Å². The second kappa shape index (κ2) is 4.90. The lowest BCUT2D eigenvalue weighted by molar-refractivity contribution is -0.130. The third kappa shape index (κ3) is 2.48. The minimum Gasteiger partial charge on any atom is -0.408 e. The normalized spacial score (nSPS) is 22.2. The fraction of sp³-hybridized carbons (Fsp3) is 0.750. The molecule has 3 rings (SSSR count). The third-order valence-electron chi connectivity index (χ3n) is 3.91. The van der Waals surface area contributed by atoms with Gasteiger partial charge in [-0.15, -0.1) is 5.10 Å². The first kappa shape index (κ1) is 12.6. The number of hydrogen-bond acceptors (Lipinski definition) is 6. The molecule has 2 aliphatic rings. The number of ether oxygens (including phenoxy) is 1. The van der Waals surface area contributed by atoms with Crippen molar-refractivity contribution in [1.82, 2.24) is 10.2 Å². The summed E-state index contributed by atoms with van der Waals surface area (Å²) in [6.45, 7) is 1.41. The zero-order valence-electron chi connectivity index (χ0n) is 10.7. The van der Waals surface area contributed by atoms with E-state index < -0.39 is 5.41 Å². The van der Waals surface area contributed by atoms with Gasteiger partial charge >= 0.3 is 6.01 Å². The smallest absolute Gasteiger partial charge is 0.322 e. The average Bonchev–Trinajstić information content (AvgIpc) is 3.20. The SMILES string of the molecule is NCC1(C(=O)Nc2nnc(C3CC3)o2)CCOCC1. The van der Waals surface area contributed by atoms with Crippen LogP contribution in [0.15, 0.2) is 4.42 Å². The summed E-state index contributed by atoms with van der Waals surface area (Å²) in [5, 5.41) is 10.5. The standard InChI is InChI=1S/C12H18N4O3/c13-7-12(3-5-18-6-4-12)10(17)14-11-16-15-9(19-11)8-1-2-8/h8H,1-7,13H2,(H,14,16,17). The molecule has 2 heterocycles. The van der Waals surface area contributed by atoms with Gasteiger partial charge in [-0.2, -0.15) is 0 Å². The van der Waals surface area contributed by atoms with Crippen LogP contribution in [0.3, 0.4) is 0 Å². The lowest BCUT2D eigenvalue weighted by Gasteiger charge is -2.33. The zero-order valence-corrected chi connectivity index (χ0v) is 10.7. The second-order valence-corrected chi connectivity index (χ2v) is 5.27. The van der Waals surface area contributed by atoms with Crippen molar-refractivity contribution in [2.75, 3.05) is 25.1 Å². The first-order chi connectivity index (χ1) is 9.23. The molecule has 7 heteroatoms. The Morgan fingerprint density at radius 3 is 2.74 bits per heavy atom. The fourth-order valence-electron chi connectivity index (χ4n) is 2.30. The molecule has 1 aromatic heterocycles. The highest BCUT2D eigenvalue weighted by Crippen LogP contribution is 2.39. The Kier molecular flexibility index (Phi) is 3.24. The number of aromatic nitrogens is 2. The minimum absolute atomic E-state index is 0.149. The van der Waals surface area contributed by atoms with Gasteiger partial charge in [-0.1, -0.05) is 5.10 Å². The number of nitrogens with two attached hydrogens (primary N) is 1. The summed E-state index contributed by atoms with van der Waals surface area (Å²) < 4.78 is 10.7. The molecule has 0 aromatic carbocycles. The summed E-state index contributed by atoms with van der Waals surface area (Å²) in [5.41, 5.74) is 5.20. The van der Waals surface area contributed by atoms with E-state index in [1.807, 2.05) is 0 Å². The van der Waals surface area contributed by atoms with E-state index in [9.17, 15) is 4.79 Å². The van der Waals surface area contributed by atoms with E-state index in [-0.39, 0.29) is 11.9 Å². The highest BCUT2D eigenvalue weighted by atomic mass is 16.5. The Morgan fingerprint density at radius 2 is 2.11 bits per heavy atom. The summed E-state index contributed by atoms with van der Waals surface area (Å²) in [6, 6.07) is 0.172. The molecule has 3 N–H and O–H groups in total. The van der Waals surface area contributed by atoms with Crippen LogP contribution in [0, 0.1) is 5.41 Å². The van der Waals surface area contributed by atoms with E-state index in [1.54, 1.807) is 0 Å². The summed E-state index contributed by atoms with van der Waals surface area (Å²) in [5.74, 6) is 0.845. The molecule has 0 unspecified atom stereocenters. The lowest BCUT2D eigenvalue weighted by Crippen LogP contribution is -2.46. The molecule has 1 saturated heterocycles. The van der Waals surface area contributed by atoms with Crippen molar-refractivity contribution in [3.8, 4) is 0 Å². The molecule has 1 amide bonds. The van der Waals surface area contributed by atoms with Crippen LogP contribution in [0.4, 0.5) is 6.01 Å². The predicted molar refractivity (Wildman–Crippen MR) is 66.4 cm³/mol. The van der Waals surface area contributed by atoms with Crippen molar-refractivity contribution >= 4 is 11.9 Å². The Morgan fingerprint density at radius 1 is 1.37 bits per heavy atom. The van der Waals surface area contributed by atoms with E-state index in [1.165, 1.54) is 0 Å². The molecule has 19 heavy (non-hydrogen) atoms. The van der Waals surface area contributed by atoms with Crippen LogP contribution >= 0.6 is 0 Å². The van der Waals surface area contributed by atoms with Gasteiger partial charge in [0.25, 0.3) is 0 Å². The Bertz CT molecular complexity index is 463. The van der Waals surface area contributed by atoms with Crippen LogP contribution in [0.2, 0.25) is 0 Å². The van der Waals surface area contributed by atoms with Crippen LogP contribution < -0.4 is 11.1 Å². The molecule has 0 spiro atoms. The Hall–Kier alpha value is -1.47. The number of nitrogens with one attached hydrogen (secondary N) is 1. The van der Waals surface area contributed by atoms with Crippen LogP contribution in [0.5, 0.6) is 0 Å². The summed E-state index contributed by atoms with van der Waals surface area (Å²) in [4.78, 5) is 12.3. The van der Waals surface area contributed by atoms with Gasteiger partial charge in [0.1, 0.15) is 0 Å². The minimum atomic E-state index is -0.577. The molecule has 0 atom stereocenters. The highest BCUT2D eigenvalue weighted by Gasteiger charge is 2.39. The highest BCUT2D eigenvalue weighted by molar-refractivity contribution is 5.93. The molecule has 0 bridgehead atoms. The molecule has 7 nitrogen and oxygen atoms in total. The van der Waals surface area contributed by atoms with Crippen molar-refractivity contribution in [2.24, 2.45) is 11.1 Å². The molecule has 104 valence electrons. The van der Waals surface area contributed by atoms with Crippen LogP contribution in [-0.4, -0.2) is 35.9 Å². The average molecular weight is 266 g/mol. The predicted octanol–water partition coefficient (Wildman–Crippen LogP) is 0.641. The first-order valence-corrected chi connectivity index (χ1v) is 6.66. The van der Waals surface area contributed by atoms with Gasteiger partial charge in [0.15, 0.2) is 0 Å². The van der Waals surface area contributed by atoms with E-state index in [0.717, 1.165) is 12.8 Å². The molecule has 0 radical (unpaired) electrons. The van der Waals surface area contributed by atoms with Crippen LogP contribution in [0.1, 0.15) is 37.5 Å². The molecule has 1 aliphatic carbocycles. The largest absolute Gasteiger partial charge is 0.408 e. The lowest BCUT2D eigenvalue weighted by atomic mass is 9.79. The fourth-order valence-corrected chi connectivity index (χ4v) is 2.30. The number of carbonyl (C=O) groups excluding carboxylic acids is 1. The van der Waals surface area contributed by atoms with Crippen molar-refractivity contribution in [1.29, 1.82) is 0 Å². The Balaban J connectivity index is 1.68. The second-order valence-electron chi connectivity index (χ2n) is 5.27. The van der Waals surface area contributed by atoms with Gasteiger partial charge in [0.05, 0.1) is 5.41 Å². The van der Waals surface area contributed by atoms with Gasteiger partial charge in [-0.05, 0) is 25.7 Å². The van der Waals surface area contributed by atoms with Crippen LogP contribution in [0.25, 0.3) is 0 Å². The molecule has 1 aromatic rings. The number of hydrogen-bond donors (Lipinski definition) is 2. The van der Waals surface area contributed by atoms with Crippen molar-refractivity contribution < 1.29 is 13.9 Å². The molecular formula is C12H18N4O3. The monoisotopic (exact) mass is 266 g/mol. The van der Waals surface area contributed by atoms with Gasteiger partial charge in [-0.25, -0.2) is 0 Å². The number of rotatable bonds is 4. The Labute approximate surface area is 110 Å². The summed E-state index contributed by atoms with van der Waals surface area (Å²) in [7, 11) is 0. The summed E-state index contributed by atoms with van der Waals surface area (Å²) >= 11 is 0. The number of carbonyl (C=O) groups is 1. The third-order valence-corrected chi connectivity index (χ3v) is 3.91. The van der Waals surface area contributed by atoms with Crippen molar-refractivity contribution in [3.63, 3.8) is 0 Å². The number of amides is 1. The van der Waals surface area contributed by atoms with E-state index in [2.05, 4.69) is 15.5 Å². The van der Waals surface area contributed by atoms with Gasteiger partial charge in [0.2, 0.25) is 11.8 Å². The van der Waals surface area contributed by atoms with Crippen molar-refractivity contribution in [3.05, 3.63) is 5.89 Å². The summed E-state index contributed by atoms with van der Waals surface area (Å²) in [6.07, 6.45) is 3.41. The first-order valence-electron chi connectivity index (χ1n) is 6.66. The molecule has 1 saturated carbocycles. The van der Waals surface area contributed by atoms with Crippen molar-refractivity contribution in [2.45, 2.75) is 31.6 Å². The van der Waals surface area contributed by atoms with Gasteiger partial charge < -0.3 is 14.9 Å². The number of anilines is 1. The maximum atomic E-state index is 12.3. The molecule has 2 fully saturated rings. The maximum Gasteiger partial charge on any atom is 0.322 e. The maximum absolute atomic E-state index is 12.3. The molecular weight excluding hydrogens is 248 g/mol. The van der Waals surface area contributed by atoms with Crippen LogP contribution in [-0.2, 0) is 9.53 Å². The van der Waals surface area contributed by atoms with E-state index in [0.29, 0.717) is 44.4 Å². The molecule has 1 aliphatic heterocycles. The topological polar surface area (TPSA) is 103 Å². The quantitative estimate of drug-likeness (QED) is 0.829. The van der Waals surface area contributed by atoms with Gasteiger partial charge in [-0.3, -0.25) is 10.1 Å². The zero-order chi connectivity index (χ0) is 13.3. The van der Waals surface area contributed by atoms with E-state index in [4.69, 9.17) is 14.9 Å². The number of nitrogens with zero attached hydrogens (tertiary/aromatic N) is 2. The van der Waals surface area contributed by atoms with E-state index >= 15 is 0 Å².